The highest BCUT2D eigenvalue weighted by Gasteiger charge is 2.13. The number of hydrogen-bond donors (Lipinski definition) is 1. The molecular formula is C33H31N5. The molecule has 5 heteroatoms. The van der Waals surface area contributed by atoms with Crippen LogP contribution < -0.4 is 5.32 Å². The number of aromatic nitrogens is 2. The summed E-state index contributed by atoms with van der Waals surface area (Å²) in [5, 5.41) is 8.66. The molecule has 0 aliphatic carbocycles. The van der Waals surface area contributed by atoms with Crippen molar-refractivity contribution in [1.82, 2.24) is 14.5 Å². The van der Waals surface area contributed by atoms with Crippen molar-refractivity contribution in [2.45, 2.75) is 19.5 Å². The monoisotopic (exact) mass is 497 g/mol. The van der Waals surface area contributed by atoms with E-state index in [1.165, 1.54) is 43.6 Å². The van der Waals surface area contributed by atoms with Crippen LogP contribution in [-0.2, 0) is 13.1 Å². The van der Waals surface area contributed by atoms with Crippen molar-refractivity contribution >= 4 is 56.0 Å². The average Bonchev–Trinajstić information content (AvgIpc) is 3.44. The van der Waals surface area contributed by atoms with E-state index in [-0.39, 0.29) is 0 Å². The maximum absolute atomic E-state index is 4.66. The van der Waals surface area contributed by atoms with Gasteiger partial charge in [-0.05, 0) is 53.9 Å². The predicted molar refractivity (Wildman–Crippen MR) is 161 cm³/mol. The van der Waals surface area contributed by atoms with Crippen LogP contribution in [0.1, 0.15) is 17.5 Å². The van der Waals surface area contributed by atoms with Crippen molar-refractivity contribution in [2.75, 3.05) is 26.2 Å². The van der Waals surface area contributed by atoms with Crippen molar-refractivity contribution in [3.8, 4) is 0 Å². The maximum atomic E-state index is 4.66. The molecule has 4 aromatic carbocycles. The number of nitrogens with one attached hydrogen (secondary N) is 1. The summed E-state index contributed by atoms with van der Waals surface area (Å²) in [6, 6.07) is 31.1. The number of fused-ring (bicyclic) bond motifs is 2. The van der Waals surface area contributed by atoms with Crippen molar-refractivity contribution < 1.29 is 0 Å². The number of benzene rings is 4. The Morgan fingerprint density at radius 3 is 1.53 bits per heavy atom. The first-order valence-electron chi connectivity index (χ1n) is 13.6. The summed E-state index contributed by atoms with van der Waals surface area (Å²) in [5.41, 5.74) is 7.47. The molecular weight excluding hydrogens is 466 g/mol. The van der Waals surface area contributed by atoms with Crippen LogP contribution in [0.3, 0.4) is 0 Å². The Morgan fingerprint density at radius 2 is 1.00 bits per heavy atom. The molecule has 10 rings (SSSR count). The second kappa shape index (κ2) is 9.92. The molecule has 6 aromatic rings. The lowest BCUT2D eigenvalue weighted by atomic mass is 10.1. The number of para-hydroxylation sites is 2. The van der Waals surface area contributed by atoms with Gasteiger partial charge in [-0.15, -0.1) is 0 Å². The molecule has 0 radical (unpaired) electrons. The van der Waals surface area contributed by atoms with E-state index in [2.05, 4.69) is 109 Å². The van der Waals surface area contributed by atoms with Gasteiger partial charge in [0.2, 0.25) is 0 Å². The van der Waals surface area contributed by atoms with Crippen LogP contribution in [0.25, 0.3) is 43.6 Å². The molecule has 188 valence electrons. The van der Waals surface area contributed by atoms with Gasteiger partial charge in [0.1, 0.15) is 0 Å². The lowest BCUT2D eigenvalue weighted by Gasteiger charge is -2.11. The molecule has 38 heavy (non-hydrogen) atoms. The number of rotatable bonds is 0. The van der Waals surface area contributed by atoms with Crippen molar-refractivity contribution in [1.29, 1.82) is 0 Å². The van der Waals surface area contributed by atoms with Gasteiger partial charge in [-0.1, -0.05) is 48.5 Å². The Labute approximate surface area is 222 Å². The Bertz CT molecular complexity index is 1700. The molecule has 0 spiro atoms. The van der Waals surface area contributed by atoms with Crippen LogP contribution in [0.4, 0.5) is 0 Å². The first kappa shape index (κ1) is 22.9. The molecule has 0 saturated heterocycles. The Hall–Kier alpha value is -4.22. The average molecular weight is 498 g/mol. The molecule has 0 saturated carbocycles. The van der Waals surface area contributed by atoms with Gasteiger partial charge in [0.05, 0.1) is 13.1 Å². The molecule has 1 N–H and O–H groups in total. The Kier molecular flexibility index (Phi) is 5.99. The second-order valence-corrected chi connectivity index (χ2v) is 10.1. The summed E-state index contributed by atoms with van der Waals surface area (Å²) >= 11 is 0. The smallest absolute Gasteiger partial charge is 0.0514 e. The van der Waals surface area contributed by atoms with E-state index >= 15 is 0 Å². The van der Waals surface area contributed by atoms with E-state index < -0.39 is 0 Å². The lowest BCUT2D eigenvalue weighted by Crippen LogP contribution is -2.20. The SMILES string of the molecule is C1=NCCNCCN=Cc2ccc3c(c2)c2ccccc2n3CCCn2c3ccccc3c3cc1ccc32. The van der Waals surface area contributed by atoms with E-state index in [9.17, 15) is 0 Å². The largest absolute Gasteiger partial charge is 0.340 e. The summed E-state index contributed by atoms with van der Waals surface area (Å²) < 4.78 is 4.98. The van der Waals surface area contributed by atoms with Gasteiger partial charge < -0.3 is 14.5 Å². The van der Waals surface area contributed by atoms with Gasteiger partial charge in [-0.25, -0.2) is 0 Å². The third-order valence-electron chi connectivity index (χ3n) is 7.67. The molecule has 0 unspecified atom stereocenters. The number of hydrogen-bond acceptors (Lipinski definition) is 3. The number of nitrogens with zero attached hydrogens (tertiary/aromatic N) is 4. The zero-order valence-electron chi connectivity index (χ0n) is 21.5. The molecule has 4 aliphatic rings. The van der Waals surface area contributed by atoms with Crippen LogP contribution in [0, 0.1) is 0 Å². The summed E-state index contributed by atoms with van der Waals surface area (Å²) in [4.78, 5) is 9.33. The van der Waals surface area contributed by atoms with Crippen molar-refractivity contribution in [3.05, 3.63) is 96.1 Å². The van der Waals surface area contributed by atoms with Gasteiger partial charge in [-0.2, -0.15) is 0 Å². The maximum Gasteiger partial charge on any atom is 0.0514 e. The van der Waals surface area contributed by atoms with Crippen molar-refractivity contribution in [2.24, 2.45) is 9.98 Å². The molecule has 5 nitrogen and oxygen atoms in total. The number of aryl methyl sites for hydroxylation is 2. The van der Waals surface area contributed by atoms with Gasteiger partial charge in [0.25, 0.3) is 0 Å². The highest BCUT2D eigenvalue weighted by atomic mass is 15.0. The molecule has 0 atom stereocenters. The van der Waals surface area contributed by atoms with E-state index in [1.807, 2.05) is 12.4 Å². The third kappa shape index (κ3) is 4.09. The molecule has 0 fully saturated rings. The summed E-state index contributed by atoms with van der Waals surface area (Å²) in [6.45, 7) is 5.12. The van der Waals surface area contributed by atoms with E-state index in [4.69, 9.17) is 0 Å². The molecule has 0 amide bonds. The topological polar surface area (TPSA) is 46.6 Å². The highest BCUT2D eigenvalue weighted by molar-refractivity contribution is 6.10. The summed E-state index contributed by atoms with van der Waals surface area (Å²) in [7, 11) is 0. The second-order valence-electron chi connectivity index (χ2n) is 10.1. The normalized spacial score (nSPS) is 15.4. The van der Waals surface area contributed by atoms with Crippen LogP contribution in [0.2, 0.25) is 0 Å². The van der Waals surface area contributed by atoms with E-state index in [0.29, 0.717) is 0 Å². The first-order valence-corrected chi connectivity index (χ1v) is 13.6. The molecule has 4 aliphatic heterocycles. The fourth-order valence-corrected chi connectivity index (χ4v) is 5.92. The zero-order chi connectivity index (χ0) is 25.3. The fraction of sp³-hybridized carbons (Fsp3) is 0.212. The molecule has 6 heterocycles. The van der Waals surface area contributed by atoms with E-state index in [0.717, 1.165) is 56.8 Å². The minimum absolute atomic E-state index is 0.754. The van der Waals surface area contributed by atoms with Crippen molar-refractivity contribution in [3.63, 3.8) is 0 Å². The standard InChI is InChI=1S/C33H31N5/c1-3-8-30-26(6-1)28-20-24-10-12-32(28)37(30)18-5-19-38-31-9-4-2-7-27(31)29-21-25(11-13-33(29)38)23-36-17-15-34-14-16-35-22-24/h1-4,6-13,20-23,34H,5,14-19H2. The molecule has 8 bridgehead atoms. The predicted octanol–water partition coefficient (Wildman–Crippen LogP) is 6.43. The van der Waals surface area contributed by atoms with Gasteiger partial charge in [0, 0.05) is 82.2 Å². The van der Waals surface area contributed by atoms with Gasteiger partial charge in [0.15, 0.2) is 0 Å². The minimum Gasteiger partial charge on any atom is -0.340 e. The highest BCUT2D eigenvalue weighted by Crippen LogP contribution is 2.32. The quantitative estimate of drug-likeness (QED) is 0.258. The summed E-state index contributed by atoms with van der Waals surface area (Å²) in [6.07, 6.45) is 5.05. The minimum atomic E-state index is 0.754. The fourth-order valence-electron chi connectivity index (χ4n) is 5.92. The third-order valence-corrected chi connectivity index (χ3v) is 7.67. The zero-order valence-corrected chi connectivity index (χ0v) is 21.5. The Morgan fingerprint density at radius 1 is 0.526 bits per heavy atom. The van der Waals surface area contributed by atoms with Crippen LogP contribution in [0.5, 0.6) is 0 Å². The molecule has 2 aromatic heterocycles. The lowest BCUT2D eigenvalue weighted by molar-refractivity contribution is 0.603. The first-order chi connectivity index (χ1) is 18.9. The Balaban J connectivity index is 1.32. The van der Waals surface area contributed by atoms with Gasteiger partial charge >= 0.3 is 0 Å². The van der Waals surface area contributed by atoms with Crippen LogP contribution in [0.15, 0.2) is 94.9 Å². The number of aliphatic imine (C=N–C) groups is 2. The van der Waals surface area contributed by atoms with E-state index in [1.54, 1.807) is 0 Å². The summed E-state index contributed by atoms with van der Waals surface area (Å²) in [5.74, 6) is 0. The van der Waals surface area contributed by atoms with Gasteiger partial charge in [-0.3, -0.25) is 9.98 Å². The van der Waals surface area contributed by atoms with Crippen LogP contribution >= 0.6 is 0 Å². The van der Waals surface area contributed by atoms with Crippen LogP contribution in [-0.4, -0.2) is 47.7 Å².